The van der Waals surface area contributed by atoms with Crippen LogP contribution in [0.5, 0.6) is 0 Å². The zero-order valence-electron chi connectivity index (χ0n) is 13.6. The van der Waals surface area contributed by atoms with Crippen molar-refractivity contribution in [2.75, 3.05) is 0 Å². The van der Waals surface area contributed by atoms with Gasteiger partial charge >= 0.3 is 0 Å². The molecular formula is C24H20. The first-order valence-electron chi connectivity index (χ1n) is 8.41. The lowest BCUT2D eigenvalue weighted by Gasteiger charge is -2.28. The first-order chi connectivity index (χ1) is 11.8. The van der Waals surface area contributed by atoms with Gasteiger partial charge in [-0.15, -0.1) is 0 Å². The Morgan fingerprint density at radius 3 is 2.50 bits per heavy atom. The molecule has 0 heteroatoms. The van der Waals surface area contributed by atoms with Crippen LogP contribution in [-0.2, 0) is 0 Å². The number of fused-ring (bicyclic) bond motifs is 2. The second-order valence-corrected chi connectivity index (χ2v) is 6.31. The number of allylic oxidation sites excluding steroid dienone is 6. The van der Waals surface area contributed by atoms with Crippen LogP contribution in [0.3, 0.4) is 0 Å². The summed E-state index contributed by atoms with van der Waals surface area (Å²) in [5.74, 6) is 0.791. The van der Waals surface area contributed by atoms with E-state index in [0.29, 0.717) is 11.8 Å². The van der Waals surface area contributed by atoms with Gasteiger partial charge in [0.05, 0.1) is 0 Å². The molecule has 2 aliphatic rings. The van der Waals surface area contributed by atoms with Gasteiger partial charge in [0.15, 0.2) is 0 Å². The Kier molecular flexibility index (Phi) is 3.88. The molecule has 2 atom stereocenters. The fourth-order valence-electron chi connectivity index (χ4n) is 3.58. The molecule has 0 heterocycles. The molecule has 2 aromatic rings. The van der Waals surface area contributed by atoms with Crippen molar-refractivity contribution >= 4 is 17.7 Å². The molecule has 2 aliphatic carbocycles. The SMILES string of the molecule is C=C(C=Cc1ccccc1)C1=c2ccccc2=CC2C=CC=CC12. The summed E-state index contributed by atoms with van der Waals surface area (Å²) in [6, 6.07) is 19.0. The van der Waals surface area contributed by atoms with Crippen LogP contribution in [0.1, 0.15) is 5.56 Å². The van der Waals surface area contributed by atoms with E-state index in [4.69, 9.17) is 0 Å². The number of rotatable bonds is 3. The number of hydrogen-bond donors (Lipinski definition) is 0. The zero-order valence-corrected chi connectivity index (χ0v) is 13.6. The molecule has 0 amide bonds. The maximum atomic E-state index is 4.39. The third kappa shape index (κ3) is 2.72. The van der Waals surface area contributed by atoms with Crippen molar-refractivity contribution in [1.82, 2.24) is 0 Å². The Morgan fingerprint density at radius 2 is 1.62 bits per heavy atom. The van der Waals surface area contributed by atoms with E-state index in [1.807, 2.05) is 6.07 Å². The average Bonchev–Trinajstić information content (AvgIpc) is 2.65. The molecule has 0 saturated heterocycles. The summed E-state index contributed by atoms with van der Waals surface area (Å²) in [5, 5.41) is 2.62. The van der Waals surface area contributed by atoms with Crippen LogP contribution in [0.25, 0.3) is 17.7 Å². The highest BCUT2D eigenvalue weighted by Gasteiger charge is 2.25. The molecule has 0 spiro atoms. The van der Waals surface area contributed by atoms with E-state index in [1.54, 1.807) is 0 Å². The van der Waals surface area contributed by atoms with Gasteiger partial charge in [0.1, 0.15) is 0 Å². The lowest BCUT2D eigenvalue weighted by molar-refractivity contribution is 0.704. The van der Waals surface area contributed by atoms with Gasteiger partial charge < -0.3 is 0 Å². The van der Waals surface area contributed by atoms with Gasteiger partial charge in [-0.3, -0.25) is 0 Å². The van der Waals surface area contributed by atoms with Crippen molar-refractivity contribution < 1.29 is 0 Å². The molecule has 0 aromatic heterocycles. The van der Waals surface area contributed by atoms with Crippen molar-refractivity contribution in [3.05, 3.63) is 113 Å². The van der Waals surface area contributed by atoms with Crippen molar-refractivity contribution in [2.24, 2.45) is 11.8 Å². The van der Waals surface area contributed by atoms with Crippen LogP contribution < -0.4 is 10.4 Å². The molecular weight excluding hydrogens is 288 g/mol. The second kappa shape index (κ2) is 6.33. The molecule has 0 saturated carbocycles. The van der Waals surface area contributed by atoms with Crippen LogP contribution in [-0.4, -0.2) is 0 Å². The predicted molar refractivity (Wildman–Crippen MR) is 103 cm³/mol. The monoisotopic (exact) mass is 308 g/mol. The smallest absolute Gasteiger partial charge is 0.0131 e. The molecule has 2 unspecified atom stereocenters. The summed E-state index contributed by atoms with van der Waals surface area (Å²) in [4.78, 5) is 0. The van der Waals surface area contributed by atoms with E-state index in [0.717, 1.165) is 5.57 Å². The third-order valence-corrected chi connectivity index (χ3v) is 4.76. The Morgan fingerprint density at radius 1 is 0.875 bits per heavy atom. The maximum absolute atomic E-state index is 4.39. The molecule has 4 rings (SSSR count). The van der Waals surface area contributed by atoms with Crippen LogP contribution in [0.2, 0.25) is 0 Å². The fraction of sp³-hybridized carbons (Fsp3) is 0.0833. The van der Waals surface area contributed by atoms with E-state index < -0.39 is 0 Å². The first-order valence-corrected chi connectivity index (χ1v) is 8.41. The average molecular weight is 308 g/mol. The van der Waals surface area contributed by atoms with Gasteiger partial charge in [0.2, 0.25) is 0 Å². The van der Waals surface area contributed by atoms with Crippen LogP contribution in [0.4, 0.5) is 0 Å². The summed E-state index contributed by atoms with van der Waals surface area (Å²) in [5.41, 5.74) is 3.63. The van der Waals surface area contributed by atoms with Crippen molar-refractivity contribution in [3.8, 4) is 0 Å². The van der Waals surface area contributed by atoms with Gasteiger partial charge in [-0.1, -0.05) is 104 Å². The van der Waals surface area contributed by atoms with Crippen LogP contribution >= 0.6 is 0 Å². The van der Waals surface area contributed by atoms with E-state index in [2.05, 4.69) is 97.6 Å². The van der Waals surface area contributed by atoms with E-state index in [9.17, 15) is 0 Å². The lowest BCUT2D eigenvalue weighted by Crippen LogP contribution is -2.36. The molecule has 2 aromatic carbocycles. The van der Waals surface area contributed by atoms with Crippen molar-refractivity contribution in [3.63, 3.8) is 0 Å². The Bertz CT molecular complexity index is 968. The molecule has 0 fully saturated rings. The summed E-state index contributed by atoms with van der Waals surface area (Å²) >= 11 is 0. The minimum absolute atomic E-state index is 0.373. The van der Waals surface area contributed by atoms with Gasteiger partial charge in [-0.05, 0) is 27.1 Å². The van der Waals surface area contributed by atoms with Gasteiger partial charge in [-0.2, -0.15) is 0 Å². The Balaban J connectivity index is 1.81. The Labute approximate surface area is 143 Å². The van der Waals surface area contributed by atoms with E-state index in [1.165, 1.54) is 21.6 Å². The van der Waals surface area contributed by atoms with E-state index in [-0.39, 0.29) is 0 Å². The molecule has 0 aliphatic heterocycles. The quantitative estimate of drug-likeness (QED) is 0.743. The summed E-state index contributed by atoms with van der Waals surface area (Å²) < 4.78 is 0. The topological polar surface area (TPSA) is 0 Å². The van der Waals surface area contributed by atoms with Crippen molar-refractivity contribution in [1.29, 1.82) is 0 Å². The standard InChI is InChI=1S/C24H20/c1-18(15-16-19-9-3-2-4-10-19)24-22-13-7-5-11-20(22)17-21-12-6-8-14-23(21)24/h2-17,20,22H,1H2. The predicted octanol–water partition coefficient (Wildman–Crippen LogP) is 4.26. The van der Waals surface area contributed by atoms with Crippen LogP contribution in [0, 0.1) is 11.8 Å². The lowest BCUT2D eigenvalue weighted by atomic mass is 9.75. The third-order valence-electron chi connectivity index (χ3n) is 4.76. The number of hydrogen-bond acceptors (Lipinski definition) is 0. The molecule has 24 heavy (non-hydrogen) atoms. The maximum Gasteiger partial charge on any atom is 0.0131 e. The summed E-state index contributed by atoms with van der Waals surface area (Å²) in [6.07, 6.45) is 15.5. The minimum atomic E-state index is 0.373. The van der Waals surface area contributed by atoms with Crippen LogP contribution in [0.15, 0.2) is 97.1 Å². The second-order valence-electron chi connectivity index (χ2n) is 6.31. The highest BCUT2D eigenvalue weighted by atomic mass is 14.3. The van der Waals surface area contributed by atoms with Crippen molar-refractivity contribution in [2.45, 2.75) is 0 Å². The largest absolute Gasteiger partial charge is 0.0914 e. The molecule has 0 nitrogen and oxygen atoms in total. The van der Waals surface area contributed by atoms with Gasteiger partial charge in [-0.25, -0.2) is 0 Å². The van der Waals surface area contributed by atoms with Gasteiger partial charge in [0, 0.05) is 11.8 Å². The molecule has 0 N–H and O–H groups in total. The molecule has 0 radical (unpaired) electrons. The fourth-order valence-corrected chi connectivity index (χ4v) is 3.58. The Hall–Kier alpha value is -2.86. The number of benzene rings is 2. The highest BCUT2D eigenvalue weighted by Crippen LogP contribution is 2.33. The van der Waals surface area contributed by atoms with E-state index >= 15 is 0 Å². The van der Waals surface area contributed by atoms with Gasteiger partial charge in [0.25, 0.3) is 0 Å². The highest BCUT2D eigenvalue weighted by molar-refractivity contribution is 5.76. The zero-order chi connectivity index (χ0) is 16.4. The summed E-state index contributed by atoms with van der Waals surface area (Å²) in [7, 11) is 0. The normalized spacial score (nSPS) is 21.2. The minimum Gasteiger partial charge on any atom is -0.0914 e. The summed E-state index contributed by atoms with van der Waals surface area (Å²) in [6.45, 7) is 4.39. The molecule has 116 valence electrons. The molecule has 0 bridgehead atoms. The first kappa shape index (κ1) is 14.7.